The minimum absolute atomic E-state index is 0.00359. The lowest BCUT2D eigenvalue weighted by Gasteiger charge is -2.19. The van der Waals surface area contributed by atoms with Crippen LogP contribution in [0.3, 0.4) is 0 Å². The van der Waals surface area contributed by atoms with Crippen molar-refractivity contribution in [3.05, 3.63) is 59.7 Å². The summed E-state index contributed by atoms with van der Waals surface area (Å²) in [4.78, 5) is 35.6. The maximum absolute atomic E-state index is 12.5. The third-order valence-corrected chi connectivity index (χ3v) is 6.48. The molecule has 2 amide bonds. The van der Waals surface area contributed by atoms with E-state index in [0.29, 0.717) is 12.5 Å². The second-order valence-corrected chi connectivity index (χ2v) is 9.07. The maximum atomic E-state index is 12.5. The number of benzene rings is 2. The smallest absolute Gasteiger partial charge is 0.407 e. The van der Waals surface area contributed by atoms with Crippen molar-refractivity contribution in [1.82, 2.24) is 10.6 Å². The molecule has 33 heavy (non-hydrogen) atoms. The molecule has 2 aromatic carbocycles. The fraction of sp³-hybridized carbons (Fsp3) is 0.423. The lowest BCUT2D eigenvalue weighted by Crippen LogP contribution is -2.38. The topological polar surface area (TPSA) is 105 Å². The Morgan fingerprint density at radius 3 is 2.18 bits per heavy atom. The van der Waals surface area contributed by atoms with Crippen LogP contribution in [0.25, 0.3) is 11.1 Å². The summed E-state index contributed by atoms with van der Waals surface area (Å²) >= 11 is 0. The number of rotatable bonds is 10. The molecule has 1 saturated carbocycles. The van der Waals surface area contributed by atoms with Crippen LogP contribution in [-0.2, 0) is 14.3 Å². The molecule has 3 N–H and O–H groups in total. The number of nitrogens with one attached hydrogen (secondary N) is 2. The Kier molecular flexibility index (Phi) is 6.96. The van der Waals surface area contributed by atoms with E-state index < -0.39 is 18.1 Å². The summed E-state index contributed by atoms with van der Waals surface area (Å²) in [5.74, 6) is -0.709. The van der Waals surface area contributed by atoms with Gasteiger partial charge in [-0.1, -0.05) is 48.5 Å². The van der Waals surface area contributed by atoms with Gasteiger partial charge in [-0.2, -0.15) is 0 Å². The Morgan fingerprint density at radius 2 is 1.61 bits per heavy atom. The molecule has 0 bridgehead atoms. The van der Waals surface area contributed by atoms with Gasteiger partial charge < -0.3 is 20.5 Å². The molecule has 7 heteroatoms. The van der Waals surface area contributed by atoms with Gasteiger partial charge in [0.2, 0.25) is 5.91 Å². The summed E-state index contributed by atoms with van der Waals surface area (Å²) < 4.78 is 5.59. The highest BCUT2D eigenvalue weighted by atomic mass is 16.5. The highest BCUT2D eigenvalue weighted by Crippen LogP contribution is 2.44. The van der Waals surface area contributed by atoms with E-state index in [9.17, 15) is 14.4 Å². The third-order valence-electron chi connectivity index (χ3n) is 6.48. The number of hydrogen-bond acceptors (Lipinski definition) is 4. The Morgan fingerprint density at radius 1 is 1.00 bits per heavy atom. The lowest BCUT2D eigenvalue weighted by atomic mass is 9.98. The highest BCUT2D eigenvalue weighted by molar-refractivity contribution is 5.79. The summed E-state index contributed by atoms with van der Waals surface area (Å²) in [6, 6.07) is 16.0. The van der Waals surface area contributed by atoms with Gasteiger partial charge in [-0.3, -0.25) is 9.59 Å². The first-order valence-corrected chi connectivity index (χ1v) is 11.5. The number of alkyl carbamates (subject to hydrolysis) is 1. The number of amides is 2. The monoisotopic (exact) mass is 450 g/mol. The predicted octanol–water partition coefficient (Wildman–Crippen LogP) is 3.92. The Labute approximate surface area is 193 Å². The molecule has 0 radical (unpaired) electrons. The van der Waals surface area contributed by atoms with Crippen LogP contribution < -0.4 is 10.6 Å². The van der Waals surface area contributed by atoms with Crippen LogP contribution in [0.4, 0.5) is 4.79 Å². The maximum Gasteiger partial charge on any atom is 0.407 e. The molecule has 0 spiro atoms. The number of fused-ring (bicyclic) bond motifs is 3. The number of aliphatic carboxylic acids is 1. The van der Waals surface area contributed by atoms with Crippen molar-refractivity contribution >= 4 is 18.0 Å². The van der Waals surface area contributed by atoms with Crippen molar-refractivity contribution in [2.45, 2.75) is 44.6 Å². The molecule has 0 aliphatic heterocycles. The van der Waals surface area contributed by atoms with Gasteiger partial charge in [0, 0.05) is 24.9 Å². The van der Waals surface area contributed by atoms with Gasteiger partial charge >= 0.3 is 12.1 Å². The van der Waals surface area contributed by atoms with E-state index in [2.05, 4.69) is 34.9 Å². The summed E-state index contributed by atoms with van der Waals surface area (Å²) in [5, 5.41) is 14.4. The quantitative estimate of drug-likeness (QED) is 0.509. The van der Waals surface area contributed by atoms with Crippen molar-refractivity contribution in [3.8, 4) is 11.1 Å². The summed E-state index contributed by atoms with van der Waals surface area (Å²) in [6.45, 7) is 2.29. The molecule has 0 aromatic heterocycles. The minimum atomic E-state index is -0.946. The van der Waals surface area contributed by atoms with Crippen molar-refractivity contribution in [2.75, 3.05) is 13.2 Å². The van der Waals surface area contributed by atoms with E-state index in [1.165, 1.54) is 11.1 Å². The van der Waals surface area contributed by atoms with Gasteiger partial charge in [-0.05, 0) is 53.9 Å². The lowest BCUT2D eigenvalue weighted by molar-refractivity contribution is -0.137. The SMILES string of the molecule is CC(CC(=O)O)NC(=O)CC(CNC(=O)OCC1c2ccccc2-c2ccccc21)C1CC1. The zero-order valence-corrected chi connectivity index (χ0v) is 18.8. The van der Waals surface area contributed by atoms with Crippen molar-refractivity contribution in [1.29, 1.82) is 0 Å². The first-order chi connectivity index (χ1) is 15.9. The number of carboxylic acid groups (broad SMARTS) is 1. The Hall–Kier alpha value is -3.35. The molecular formula is C26H30N2O5. The standard InChI is InChI=1S/C26H30N2O5/c1-16(12-25(30)31)28-24(29)13-18(17-10-11-17)14-27-26(32)33-15-23-21-8-4-2-6-19(21)20-7-3-5-9-22(20)23/h2-9,16-18,23H,10-15H2,1H3,(H,27,32)(H,28,29)(H,30,31). The molecule has 174 valence electrons. The van der Waals surface area contributed by atoms with Gasteiger partial charge in [-0.15, -0.1) is 0 Å². The van der Waals surface area contributed by atoms with Crippen molar-refractivity contribution < 1.29 is 24.2 Å². The van der Waals surface area contributed by atoms with E-state index >= 15 is 0 Å². The Balaban J connectivity index is 1.28. The molecule has 2 aliphatic carbocycles. The fourth-order valence-corrected chi connectivity index (χ4v) is 4.72. The number of carbonyl (C=O) groups excluding carboxylic acids is 2. The third kappa shape index (κ3) is 5.72. The van der Waals surface area contributed by atoms with E-state index in [-0.39, 0.29) is 37.2 Å². The van der Waals surface area contributed by atoms with E-state index in [0.717, 1.165) is 24.0 Å². The number of hydrogen-bond donors (Lipinski definition) is 3. The molecule has 1 fully saturated rings. The average Bonchev–Trinajstić information content (AvgIpc) is 3.57. The molecule has 2 atom stereocenters. The minimum Gasteiger partial charge on any atom is -0.481 e. The van der Waals surface area contributed by atoms with Crippen molar-refractivity contribution in [3.63, 3.8) is 0 Å². The van der Waals surface area contributed by atoms with Gasteiger partial charge in [0.1, 0.15) is 6.61 Å². The molecule has 0 saturated heterocycles. The van der Waals surface area contributed by atoms with E-state index in [4.69, 9.17) is 9.84 Å². The first-order valence-electron chi connectivity index (χ1n) is 11.5. The second-order valence-electron chi connectivity index (χ2n) is 9.07. The second kappa shape index (κ2) is 10.1. The predicted molar refractivity (Wildman–Crippen MR) is 124 cm³/mol. The zero-order chi connectivity index (χ0) is 23.4. The van der Waals surface area contributed by atoms with Crippen LogP contribution in [0.15, 0.2) is 48.5 Å². The molecule has 2 unspecified atom stereocenters. The molecular weight excluding hydrogens is 420 g/mol. The number of carboxylic acids is 1. The molecule has 7 nitrogen and oxygen atoms in total. The van der Waals surface area contributed by atoms with Gasteiger partial charge in [0.05, 0.1) is 6.42 Å². The van der Waals surface area contributed by atoms with Crippen LogP contribution in [-0.4, -0.2) is 42.3 Å². The fourth-order valence-electron chi connectivity index (χ4n) is 4.72. The van der Waals surface area contributed by atoms with Crippen molar-refractivity contribution in [2.24, 2.45) is 11.8 Å². The molecule has 0 heterocycles. The molecule has 2 aromatic rings. The normalized spacial score (nSPS) is 16.3. The zero-order valence-electron chi connectivity index (χ0n) is 18.8. The Bertz CT molecular complexity index is 987. The summed E-state index contributed by atoms with van der Waals surface area (Å²) in [6.07, 6.45) is 1.74. The summed E-state index contributed by atoms with van der Waals surface area (Å²) in [5.41, 5.74) is 4.68. The number of carbonyl (C=O) groups is 3. The van der Waals surface area contributed by atoms with Crippen LogP contribution in [0.5, 0.6) is 0 Å². The molecule has 4 rings (SSSR count). The molecule has 2 aliphatic rings. The first kappa shape index (κ1) is 22.8. The van der Waals surface area contributed by atoms with Crippen LogP contribution in [0.2, 0.25) is 0 Å². The van der Waals surface area contributed by atoms with Gasteiger partial charge in [0.15, 0.2) is 0 Å². The van der Waals surface area contributed by atoms with Gasteiger partial charge in [0.25, 0.3) is 0 Å². The van der Waals surface area contributed by atoms with Gasteiger partial charge in [-0.25, -0.2) is 4.79 Å². The number of ether oxygens (including phenoxy) is 1. The van der Waals surface area contributed by atoms with E-state index in [1.54, 1.807) is 6.92 Å². The largest absolute Gasteiger partial charge is 0.481 e. The summed E-state index contributed by atoms with van der Waals surface area (Å²) in [7, 11) is 0. The van der Waals surface area contributed by atoms with Crippen LogP contribution in [0, 0.1) is 11.8 Å². The van der Waals surface area contributed by atoms with E-state index in [1.807, 2.05) is 24.3 Å². The van der Waals surface area contributed by atoms with Crippen LogP contribution in [0.1, 0.15) is 49.7 Å². The highest BCUT2D eigenvalue weighted by Gasteiger charge is 2.33. The van der Waals surface area contributed by atoms with Crippen LogP contribution >= 0.6 is 0 Å². The average molecular weight is 451 g/mol.